The zero-order valence-electron chi connectivity index (χ0n) is 11.5. The van der Waals surface area contributed by atoms with E-state index in [0.717, 1.165) is 4.88 Å². The van der Waals surface area contributed by atoms with Gasteiger partial charge in [-0.3, -0.25) is 0 Å². The molecule has 0 radical (unpaired) electrons. The molecule has 0 amide bonds. The molecule has 0 spiro atoms. The van der Waals surface area contributed by atoms with Crippen molar-refractivity contribution in [2.24, 2.45) is 0 Å². The predicted molar refractivity (Wildman–Crippen MR) is 85.6 cm³/mol. The maximum Gasteiger partial charge on any atom is 0.340 e. The SMILES string of the molecule is C[C@H](OC(=O)c1ccccc1Br)c1nnc(-c2cccs2)o1. The minimum atomic E-state index is -0.624. The average Bonchev–Trinajstić information content (AvgIpc) is 3.18. The summed E-state index contributed by atoms with van der Waals surface area (Å²) in [6.07, 6.45) is -0.624. The Morgan fingerprint density at radius 2 is 2.09 bits per heavy atom. The number of benzene rings is 1. The molecule has 7 heteroatoms. The van der Waals surface area contributed by atoms with Gasteiger partial charge in [0.15, 0.2) is 6.10 Å². The number of aromatic nitrogens is 2. The van der Waals surface area contributed by atoms with E-state index >= 15 is 0 Å². The molecule has 1 aromatic carbocycles. The van der Waals surface area contributed by atoms with E-state index in [2.05, 4.69) is 26.1 Å². The van der Waals surface area contributed by atoms with Crippen molar-refractivity contribution in [1.29, 1.82) is 0 Å². The number of carbonyl (C=O) groups excluding carboxylic acids is 1. The number of hydrogen-bond donors (Lipinski definition) is 0. The van der Waals surface area contributed by atoms with Gasteiger partial charge in [0.05, 0.1) is 10.4 Å². The summed E-state index contributed by atoms with van der Waals surface area (Å²) in [5, 5.41) is 9.84. The Labute approximate surface area is 139 Å². The zero-order valence-corrected chi connectivity index (χ0v) is 13.9. The third-order valence-corrected chi connectivity index (χ3v) is 4.45. The lowest BCUT2D eigenvalue weighted by Crippen LogP contribution is -2.10. The first-order valence-corrected chi connectivity index (χ1v) is 8.15. The first-order chi connectivity index (χ1) is 10.6. The molecule has 5 nitrogen and oxygen atoms in total. The van der Waals surface area contributed by atoms with Gasteiger partial charge in [0.1, 0.15) is 0 Å². The fourth-order valence-electron chi connectivity index (χ4n) is 1.80. The molecule has 0 N–H and O–H groups in total. The van der Waals surface area contributed by atoms with Crippen LogP contribution >= 0.6 is 27.3 Å². The van der Waals surface area contributed by atoms with Gasteiger partial charge in [-0.2, -0.15) is 0 Å². The molecule has 22 heavy (non-hydrogen) atoms. The Morgan fingerprint density at radius 1 is 1.27 bits per heavy atom. The van der Waals surface area contributed by atoms with Gasteiger partial charge in [0.2, 0.25) is 0 Å². The first-order valence-electron chi connectivity index (χ1n) is 6.48. The van der Waals surface area contributed by atoms with Crippen LogP contribution < -0.4 is 0 Å². The van der Waals surface area contributed by atoms with Crippen LogP contribution in [-0.4, -0.2) is 16.2 Å². The molecule has 3 rings (SSSR count). The van der Waals surface area contributed by atoms with Crippen LogP contribution in [0.15, 0.2) is 50.7 Å². The number of thiophene rings is 1. The monoisotopic (exact) mass is 378 g/mol. The van der Waals surface area contributed by atoms with Crippen molar-refractivity contribution in [1.82, 2.24) is 10.2 Å². The second-order valence-electron chi connectivity index (χ2n) is 4.45. The van der Waals surface area contributed by atoms with Crippen molar-refractivity contribution in [2.45, 2.75) is 13.0 Å². The van der Waals surface area contributed by atoms with Crippen molar-refractivity contribution in [3.05, 3.63) is 57.7 Å². The van der Waals surface area contributed by atoms with Gasteiger partial charge < -0.3 is 9.15 Å². The largest absolute Gasteiger partial charge is 0.449 e. The molecule has 0 fully saturated rings. The van der Waals surface area contributed by atoms with Gasteiger partial charge in [0, 0.05) is 4.47 Å². The Balaban J connectivity index is 1.74. The highest BCUT2D eigenvalue weighted by Crippen LogP contribution is 2.26. The molecule has 112 valence electrons. The van der Waals surface area contributed by atoms with Crippen LogP contribution in [0.5, 0.6) is 0 Å². The summed E-state index contributed by atoms with van der Waals surface area (Å²) in [5.74, 6) is 0.244. The van der Waals surface area contributed by atoms with Gasteiger partial charge in [-0.25, -0.2) is 4.79 Å². The standard InChI is InChI=1S/C15H11BrN2O3S/c1-9(20-15(19)10-5-2-3-6-11(10)16)13-17-18-14(21-13)12-7-4-8-22-12/h2-9H,1H3/t9-/m0/s1. The van der Waals surface area contributed by atoms with Crippen molar-refractivity contribution >= 4 is 33.2 Å². The maximum absolute atomic E-state index is 12.1. The fraction of sp³-hybridized carbons (Fsp3) is 0.133. The number of hydrogen-bond acceptors (Lipinski definition) is 6. The molecule has 3 aromatic rings. The molecule has 0 saturated carbocycles. The number of halogens is 1. The van der Waals surface area contributed by atoms with E-state index in [0.29, 0.717) is 15.9 Å². The normalized spacial score (nSPS) is 12.1. The van der Waals surface area contributed by atoms with E-state index in [4.69, 9.17) is 9.15 Å². The first kappa shape index (κ1) is 14.9. The molecule has 0 saturated heterocycles. The zero-order chi connectivity index (χ0) is 15.5. The third-order valence-electron chi connectivity index (χ3n) is 2.90. The van der Waals surface area contributed by atoms with Crippen LogP contribution in [0.25, 0.3) is 10.8 Å². The summed E-state index contributed by atoms with van der Waals surface area (Å²) in [6.45, 7) is 1.69. The van der Waals surface area contributed by atoms with E-state index in [1.165, 1.54) is 11.3 Å². The topological polar surface area (TPSA) is 65.2 Å². The maximum atomic E-state index is 12.1. The molecule has 1 atom stereocenters. The molecule has 0 aliphatic rings. The van der Waals surface area contributed by atoms with E-state index in [-0.39, 0.29) is 5.89 Å². The molecular formula is C15H11BrN2O3S. The number of nitrogens with zero attached hydrogens (tertiary/aromatic N) is 2. The smallest absolute Gasteiger partial charge is 0.340 e. The molecular weight excluding hydrogens is 368 g/mol. The van der Waals surface area contributed by atoms with E-state index < -0.39 is 12.1 Å². The average molecular weight is 379 g/mol. The van der Waals surface area contributed by atoms with Gasteiger partial charge in [-0.05, 0) is 46.4 Å². The molecule has 2 aromatic heterocycles. The summed E-state index contributed by atoms with van der Waals surface area (Å²) in [6, 6.07) is 10.9. The van der Waals surface area contributed by atoms with Crippen LogP contribution in [0.4, 0.5) is 0 Å². The Kier molecular flexibility index (Phi) is 4.35. The van der Waals surface area contributed by atoms with Crippen molar-refractivity contribution in [2.75, 3.05) is 0 Å². The summed E-state index contributed by atoms with van der Waals surface area (Å²) < 4.78 is 11.6. The van der Waals surface area contributed by atoms with Crippen LogP contribution in [0.1, 0.15) is 29.3 Å². The highest BCUT2D eigenvalue weighted by molar-refractivity contribution is 9.10. The van der Waals surface area contributed by atoms with Gasteiger partial charge in [-0.15, -0.1) is 21.5 Å². The summed E-state index contributed by atoms with van der Waals surface area (Å²) in [4.78, 5) is 13.0. The van der Waals surface area contributed by atoms with Crippen molar-refractivity contribution in [3.63, 3.8) is 0 Å². The van der Waals surface area contributed by atoms with Crippen molar-refractivity contribution in [3.8, 4) is 10.8 Å². The van der Waals surface area contributed by atoms with Gasteiger partial charge in [-0.1, -0.05) is 18.2 Å². The van der Waals surface area contributed by atoms with Crippen LogP contribution in [0.2, 0.25) is 0 Å². The summed E-state index contributed by atoms with van der Waals surface area (Å²) in [7, 11) is 0. The quantitative estimate of drug-likeness (QED) is 0.626. The third kappa shape index (κ3) is 3.10. The summed E-state index contributed by atoms with van der Waals surface area (Å²) >= 11 is 4.83. The van der Waals surface area contributed by atoms with Crippen molar-refractivity contribution < 1.29 is 13.9 Å². The van der Waals surface area contributed by atoms with E-state index in [9.17, 15) is 4.79 Å². The van der Waals surface area contributed by atoms with Gasteiger partial charge >= 0.3 is 5.97 Å². The lowest BCUT2D eigenvalue weighted by molar-refractivity contribution is 0.0279. The number of carbonyl (C=O) groups is 1. The Bertz CT molecular complexity index is 786. The highest BCUT2D eigenvalue weighted by Gasteiger charge is 2.21. The minimum Gasteiger partial charge on any atom is -0.449 e. The second kappa shape index (κ2) is 6.41. The fourth-order valence-corrected chi connectivity index (χ4v) is 2.89. The van der Waals surface area contributed by atoms with Crippen LogP contribution in [-0.2, 0) is 4.74 Å². The predicted octanol–water partition coefficient (Wildman–Crippen LogP) is 4.48. The highest BCUT2D eigenvalue weighted by atomic mass is 79.9. The van der Waals surface area contributed by atoms with E-state index in [1.54, 1.807) is 25.1 Å². The molecule has 0 bridgehead atoms. The molecule has 0 unspecified atom stereocenters. The Morgan fingerprint density at radius 3 is 2.82 bits per heavy atom. The van der Waals surface area contributed by atoms with Gasteiger partial charge in [0.25, 0.3) is 11.8 Å². The summed E-state index contributed by atoms with van der Waals surface area (Å²) in [5.41, 5.74) is 0.451. The second-order valence-corrected chi connectivity index (χ2v) is 6.25. The minimum absolute atomic E-state index is 0.267. The lowest BCUT2D eigenvalue weighted by Gasteiger charge is -2.10. The Hall–Kier alpha value is -1.99. The molecule has 0 aliphatic heterocycles. The van der Waals surface area contributed by atoms with Crippen LogP contribution in [0, 0.1) is 0 Å². The number of esters is 1. The lowest BCUT2D eigenvalue weighted by atomic mass is 10.2. The van der Waals surface area contributed by atoms with Crippen LogP contribution in [0.3, 0.4) is 0 Å². The number of ether oxygens (including phenoxy) is 1. The molecule has 0 aliphatic carbocycles. The molecule has 2 heterocycles. The van der Waals surface area contributed by atoms with E-state index in [1.807, 2.05) is 23.6 Å². The number of rotatable bonds is 4.